The van der Waals surface area contributed by atoms with Gasteiger partial charge in [-0.25, -0.2) is 9.97 Å². The fourth-order valence-corrected chi connectivity index (χ4v) is 2.81. The van der Waals surface area contributed by atoms with E-state index < -0.39 is 0 Å². The lowest BCUT2D eigenvalue weighted by molar-refractivity contribution is 1.19. The summed E-state index contributed by atoms with van der Waals surface area (Å²) < 4.78 is 2.09. The molecule has 0 unspecified atom stereocenters. The molecular weight excluding hydrogens is 280 g/mol. The third kappa shape index (κ3) is 2.05. The third-order valence-electron chi connectivity index (χ3n) is 2.91. The highest BCUT2D eigenvalue weighted by Gasteiger charge is 2.12. The van der Waals surface area contributed by atoms with Crippen LogP contribution < -0.4 is 5.73 Å². The Bertz CT molecular complexity index is 753. The molecule has 0 saturated heterocycles. The molecule has 0 saturated carbocycles. The van der Waals surface area contributed by atoms with Gasteiger partial charge >= 0.3 is 0 Å². The zero-order valence-electron chi connectivity index (χ0n) is 10.2. The van der Waals surface area contributed by atoms with Crippen LogP contribution in [-0.2, 0) is 0 Å². The molecule has 4 nitrogen and oxygen atoms in total. The maximum Gasteiger partial charge on any atom is 0.220 e. The number of nitrogens with zero attached hydrogens (tertiary/aromatic N) is 3. The molecule has 0 aliphatic rings. The van der Waals surface area contributed by atoms with Gasteiger partial charge in [0.1, 0.15) is 0 Å². The Morgan fingerprint density at radius 2 is 2.16 bits per heavy atom. The van der Waals surface area contributed by atoms with Crippen molar-refractivity contribution in [3.63, 3.8) is 0 Å². The van der Waals surface area contributed by atoms with Gasteiger partial charge in [0.2, 0.25) is 5.95 Å². The first-order chi connectivity index (χ1) is 9.20. The minimum atomic E-state index is 0.223. The average Bonchev–Trinajstić information content (AvgIpc) is 2.84. The van der Waals surface area contributed by atoms with Crippen molar-refractivity contribution in [3.8, 4) is 11.3 Å². The fraction of sp³-hybridized carbons (Fsp3) is 0.0769. The van der Waals surface area contributed by atoms with Gasteiger partial charge in [-0.3, -0.25) is 3.97 Å². The van der Waals surface area contributed by atoms with Crippen LogP contribution in [0.4, 0.5) is 5.95 Å². The van der Waals surface area contributed by atoms with E-state index in [1.165, 1.54) is 6.20 Å². The maximum absolute atomic E-state index is 6.18. The van der Waals surface area contributed by atoms with Crippen molar-refractivity contribution >= 4 is 40.4 Å². The normalized spacial score (nSPS) is 11.1. The monoisotopic (exact) mass is 290 g/mol. The van der Waals surface area contributed by atoms with Crippen molar-refractivity contribution in [3.05, 3.63) is 41.7 Å². The predicted molar refractivity (Wildman–Crippen MR) is 81.3 cm³/mol. The Morgan fingerprint density at radius 1 is 1.32 bits per heavy atom. The average molecular weight is 291 g/mol. The van der Waals surface area contributed by atoms with Crippen molar-refractivity contribution < 1.29 is 0 Å². The first-order valence-corrected chi connectivity index (χ1v) is 7.19. The summed E-state index contributed by atoms with van der Waals surface area (Å²) in [5.74, 6) is 0.223. The van der Waals surface area contributed by atoms with E-state index in [4.69, 9.17) is 17.3 Å². The van der Waals surface area contributed by atoms with Gasteiger partial charge in [-0.1, -0.05) is 23.7 Å². The number of hydrogen-bond donors (Lipinski definition) is 1. The lowest BCUT2D eigenvalue weighted by Crippen LogP contribution is -1.96. The van der Waals surface area contributed by atoms with E-state index in [0.717, 1.165) is 16.5 Å². The molecule has 0 amide bonds. The highest BCUT2D eigenvalue weighted by atomic mass is 35.5. The van der Waals surface area contributed by atoms with Crippen molar-refractivity contribution in [2.45, 2.75) is 0 Å². The number of anilines is 1. The van der Waals surface area contributed by atoms with Crippen molar-refractivity contribution in [2.24, 2.45) is 0 Å². The minimum absolute atomic E-state index is 0.223. The molecule has 3 rings (SSSR count). The van der Waals surface area contributed by atoms with Crippen LogP contribution in [0.25, 0.3) is 22.2 Å². The summed E-state index contributed by atoms with van der Waals surface area (Å²) >= 11 is 7.82. The van der Waals surface area contributed by atoms with E-state index in [1.807, 2.05) is 24.6 Å². The number of hydrogen-bond acceptors (Lipinski definition) is 4. The molecule has 96 valence electrons. The number of halogens is 1. The Hall–Kier alpha value is -1.72. The van der Waals surface area contributed by atoms with Gasteiger partial charge in [0.25, 0.3) is 0 Å². The van der Waals surface area contributed by atoms with Gasteiger partial charge in [-0.15, -0.1) is 0 Å². The van der Waals surface area contributed by atoms with Crippen molar-refractivity contribution in [1.82, 2.24) is 13.9 Å². The van der Waals surface area contributed by atoms with Gasteiger partial charge in [-0.05, 0) is 24.1 Å². The summed E-state index contributed by atoms with van der Waals surface area (Å²) in [5.41, 5.74) is 8.40. The molecule has 0 atom stereocenters. The summed E-state index contributed by atoms with van der Waals surface area (Å²) in [7, 11) is 0. The van der Waals surface area contributed by atoms with E-state index in [2.05, 4.69) is 26.1 Å². The molecule has 0 bridgehead atoms. The second kappa shape index (κ2) is 4.75. The van der Waals surface area contributed by atoms with Gasteiger partial charge in [0.05, 0.1) is 22.4 Å². The smallest absolute Gasteiger partial charge is 0.220 e. The Morgan fingerprint density at radius 3 is 2.95 bits per heavy atom. The number of nitrogen functional groups attached to an aromatic ring is 1. The highest BCUT2D eigenvalue weighted by Crippen LogP contribution is 2.33. The Balaban J connectivity index is 2.31. The Labute approximate surface area is 119 Å². The number of nitrogens with two attached hydrogens (primary N) is 1. The maximum atomic E-state index is 6.18. The quantitative estimate of drug-likeness (QED) is 0.785. The fourth-order valence-electron chi connectivity index (χ4n) is 2.08. The molecule has 0 aliphatic carbocycles. The summed E-state index contributed by atoms with van der Waals surface area (Å²) in [5, 5.41) is 1.59. The SMILES string of the molecule is CSn1ccc2c(-c3nc(N)ncc3Cl)cccc21. The summed E-state index contributed by atoms with van der Waals surface area (Å²) in [6, 6.07) is 8.09. The first-order valence-electron chi connectivity index (χ1n) is 5.63. The number of aromatic nitrogens is 3. The van der Waals surface area contributed by atoms with Gasteiger partial charge in [0, 0.05) is 23.4 Å². The number of rotatable bonds is 2. The predicted octanol–water partition coefficient (Wildman–Crippen LogP) is 3.46. The minimum Gasteiger partial charge on any atom is -0.368 e. The van der Waals surface area contributed by atoms with E-state index in [9.17, 15) is 0 Å². The topological polar surface area (TPSA) is 56.7 Å². The van der Waals surface area contributed by atoms with Crippen LogP contribution in [-0.4, -0.2) is 20.2 Å². The molecule has 2 heterocycles. The van der Waals surface area contributed by atoms with Crippen LogP contribution in [0.15, 0.2) is 36.7 Å². The number of fused-ring (bicyclic) bond motifs is 1. The molecular formula is C13H11ClN4S. The van der Waals surface area contributed by atoms with Crippen LogP contribution in [0.1, 0.15) is 0 Å². The van der Waals surface area contributed by atoms with E-state index in [1.54, 1.807) is 11.9 Å². The standard InChI is InChI=1S/C13H11ClN4S/c1-19-18-6-5-8-9(3-2-4-11(8)18)12-10(14)7-16-13(15)17-12/h2-7H,1H3,(H2,15,16,17). The van der Waals surface area contributed by atoms with Crippen LogP contribution in [0, 0.1) is 0 Å². The van der Waals surface area contributed by atoms with Gasteiger partial charge in [0.15, 0.2) is 0 Å². The van der Waals surface area contributed by atoms with Gasteiger partial charge in [-0.2, -0.15) is 0 Å². The lowest BCUT2D eigenvalue weighted by atomic mass is 10.1. The highest BCUT2D eigenvalue weighted by molar-refractivity contribution is 7.97. The first kappa shape index (κ1) is 12.3. The molecule has 2 aromatic heterocycles. The number of benzene rings is 1. The largest absolute Gasteiger partial charge is 0.368 e. The lowest BCUT2D eigenvalue weighted by Gasteiger charge is -2.06. The second-order valence-electron chi connectivity index (χ2n) is 3.99. The third-order valence-corrected chi connectivity index (χ3v) is 3.90. The van der Waals surface area contributed by atoms with E-state index >= 15 is 0 Å². The van der Waals surface area contributed by atoms with Crippen molar-refractivity contribution in [1.29, 1.82) is 0 Å². The zero-order valence-corrected chi connectivity index (χ0v) is 11.7. The summed E-state index contributed by atoms with van der Waals surface area (Å²) in [6.45, 7) is 0. The summed E-state index contributed by atoms with van der Waals surface area (Å²) in [4.78, 5) is 8.14. The molecule has 0 fully saturated rings. The Kier molecular flexibility index (Phi) is 3.08. The van der Waals surface area contributed by atoms with Crippen LogP contribution in [0.2, 0.25) is 5.02 Å². The summed E-state index contributed by atoms with van der Waals surface area (Å²) in [6.07, 6.45) is 5.59. The molecule has 0 spiro atoms. The van der Waals surface area contributed by atoms with Crippen molar-refractivity contribution in [2.75, 3.05) is 12.0 Å². The molecule has 3 aromatic rings. The molecule has 1 aromatic carbocycles. The van der Waals surface area contributed by atoms with E-state index in [0.29, 0.717) is 10.7 Å². The second-order valence-corrected chi connectivity index (χ2v) is 5.15. The molecule has 0 aliphatic heterocycles. The van der Waals surface area contributed by atoms with E-state index in [-0.39, 0.29) is 5.95 Å². The molecule has 2 N–H and O–H groups in total. The van der Waals surface area contributed by atoms with Crippen LogP contribution in [0.5, 0.6) is 0 Å². The van der Waals surface area contributed by atoms with Gasteiger partial charge < -0.3 is 5.73 Å². The molecule has 0 radical (unpaired) electrons. The van der Waals surface area contributed by atoms with Crippen LogP contribution in [0.3, 0.4) is 0 Å². The molecule has 19 heavy (non-hydrogen) atoms. The zero-order chi connectivity index (χ0) is 13.4. The van der Waals surface area contributed by atoms with Crippen LogP contribution >= 0.6 is 23.5 Å². The molecule has 6 heteroatoms.